The molecule has 0 saturated carbocycles. The predicted molar refractivity (Wildman–Crippen MR) is 74.0 cm³/mol. The predicted octanol–water partition coefficient (Wildman–Crippen LogP) is 2.51. The van der Waals surface area contributed by atoms with Crippen LogP contribution in [0, 0.1) is 5.82 Å². The van der Waals surface area contributed by atoms with Crippen LogP contribution in [-0.2, 0) is 24.2 Å². The van der Waals surface area contributed by atoms with Crippen molar-refractivity contribution < 1.29 is 9.13 Å². The van der Waals surface area contributed by atoms with Gasteiger partial charge in [-0.3, -0.25) is 0 Å². The molecule has 2 aromatic rings. The molecular weight excluding hydrogens is 281 g/mol. The number of ether oxygens (including phenoxy) is 1. The SMILES string of the molecule is Nc1nc(Cc2cccc(Cl)c2F)nc2c1COCC2. The highest BCUT2D eigenvalue weighted by atomic mass is 35.5. The Morgan fingerprint density at radius 2 is 2.20 bits per heavy atom. The van der Waals surface area contributed by atoms with Gasteiger partial charge in [-0.25, -0.2) is 14.4 Å². The van der Waals surface area contributed by atoms with Gasteiger partial charge in [-0.2, -0.15) is 0 Å². The lowest BCUT2D eigenvalue weighted by Gasteiger charge is -2.17. The summed E-state index contributed by atoms with van der Waals surface area (Å²) in [6.07, 6.45) is 0.970. The van der Waals surface area contributed by atoms with Crippen molar-refractivity contribution in [2.24, 2.45) is 0 Å². The van der Waals surface area contributed by atoms with E-state index in [1.165, 1.54) is 6.07 Å². The average Bonchev–Trinajstić information content (AvgIpc) is 2.44. The maximum atomic E-state index is 13.9. The molecule has 6 heteroatoms. The van der Waals surface area contributed by atoms with Crippen LogP contribution >= 0.6 is 11.6 Å². The van der Waals surface area contributed by atoms with Gasteiger partial charge in [-0.15, -0.1) is 0 Å². The second kappa shape index (κ2) is 5.34. The van der Waals surface area contributed by atoms with Gasteiger partial charge in [0.05, 0.1) is 23.9 Å². The van der Waals surface area contributed by atoms with Gasteiger partial charge >= 0.3 is 0 Å². The fraction of sp³-hybridized carbons (Fsp3) is 0.286. The molecule has 4 nitrogen and oxygen atoms in total. The number of anilines is 1. The summed E-state index contributed by atoms with van der Waals surface area (Å²) in [6, 6.07) is 4.89. The number of benzene rings is 1. The zero-order valence-corrected chi connectivity index (χ0v) is 11.5. The maximum Gasteiger partial charge on any atom is 0.145 e. The number of hydrogen-bond acceptors (Lipinski definition) is 4. The first kappa shape index (κ1) is 13.3. The number of hydrogen-bond donors (Lipinski definition) is 1. The van der Waals surface area contributed by atoms with Crippen LogP contribution in [0.15, 0.2) is 18.2 Å². The highest BCUT2D eigenvalue weighted by Gasteiger charge is 2.17. The molecule has 0 spiro atoms. The topological polar surface area (TPSA) is 61.0 Å². The lowest BCUT2D eigenvalue weighted by atomic mass is 10.1. The molecule has 2 heterocycles. The molecule has 3 rings (SSSR count). The smallest absolute Gasteiger partial charge is 0.145 e. The fourth-order valence-corrected chi connectivity index (χ4v) is 2.44. The van der Waals surface area contributed by atoms with Crippen LogP contribution < -0.4 is 5.73 Å². The molecule has 0 fully saturated rings. The van der Waals surface area contributed by atoms with Gasteiger partial charge in [0.15, 0.2) is 0 Å². The summed E-state index contributed by atoms with van der Waals surface area (Å²) in [4.78, 5) is 8.69. The number of rotatable bonds is 2. The van der Waals surface area contributed by atoms with E-state index >= 15 is 0 Å². The molecule has 1 aromatic heterocycles. The van der Waals surface area contributed by atoms with Crippen LogP contribution in [0.3, 0.4) is 0 Å². The minimum Gasteiger partial charge on any atom is -0.383 e. The lowest BCUT2D eigenvalue weighted by Crippen LogP contribution is -2.17. The third kappa shape index (κ3) is 2.46. The van der Waals surface area contributed by atoms with Crippen molar-refractivity contribution in [2.75, 3.05) is 12.3 Å². The third-order valence-corrected chi connectivity index (χ3v) is 3.57. The number of aromatic nitrogens is 2. The molecule has 1 aliphatic rings. The summed E-state index contributed by atoms with van der Waals surface area (Å²) in [6.45, 7) is 1.06. The van der Waals surface area contributed by atoms with Crippen LogP contribution in [0.4, 0.5) is 10.2 Å². The second-order valence-corrected chi connectivity index (χ2v) is 5.05. The first-order valence-corrected chi connectivity index (χ1v) is 6.67. The Balaban J connectivity index is 1.95. The van der Waals surface area contributed by atoms with E-state index in [-0.39, 0.29) is 11.4 Å². The molecule has 0 aliphatic carbocycles. The van der Waals surface area contributed by atoms with Gasteiger partial charge in [0.1, 0.15) is 17.5 Å². The largest absolute Gasteiger partial charge is 0.383 e. The van der Waals surface area contributed by atoms with E-state index in [1.807, 2.05) is 0 Å². The second-order valence-electron chi connectivity index (χ2n) is 4.64. The third-order valence-electron chi connectivity index (χ3n) is 3.28. The van der Waals surface area contributed by atoms with Crippen LogP contribution in [0.2, 0.25) is 5.02 Å². The highest BCUT2D eigenvalue weighted by molar-refractivity contribution is 6.30. The standard InChI is InChI=1S/C14H13ClFN3O/c15-10-3-1-2-8(13(10)16)6-12-18-11-4-5-20-7-9(11)14(17)19-12/h1-3H,4-7H2,(H2,17,18,19). The number of nitrogens with two attached hydrogens (primary N) is 1. The average molecular weight is 294 g/mol. The Morgan fingerprint density at radius 1 is 1.35 bits per heavy atom. The Hall–Kier alpha value is -1.72. The molecule has 20 heavy (non-hydrogen) atoms. The number of nitrogens with zero attached hydrogens (tertiary/aromatic N) is 2. The quantitative estimate of drug-likeness (QED) is 0.924. The van der Waals surface area contributed by atoms with Gasteiger partial charge < -0.3 is 10.5 Å². The molecule has 0 atom stereocenters. The van der Waals surface area contributed by atoms with E-state index in [1.54, 1.807) is 12.1 Å². The van der Waals surface area contributed by atoms with E-state index < -0.39 is 5.82 Å². The summed E-state index contributed by atoms with van der Waals surface area (Å²) in [5.74, 6) is 0.480. The van der Waals surface area contributed by atoms with Crippen molar-refractivity contribution in [1.29, 1.82) is 0 Å². The zero-order chi connectivity index (χ0) is 14.1. The molecule has 0 unspecified atom stereocenters. The minimum atomic E-state index is -0.433. The molecule has 0 amide bonds. The molecule has 0 saturated heterocycles. The Kier molecular flexibility index (Phi) is 3.54. The Bertz CT molecular complexity index is 663. The van der Waals surface area contributed by atoms with Crippen molar-refractivity contribution in [3.8, 4) is 0 Å². The molecule has 0 radical (unpaired) electrons. The van der Waals surface area contributed by atoms with Crippen molar-refractivity contribution in [3.63, 3.8) is 0 Å². The first-order chi connectivity index (χ1) is 9.65. The van der Waals surface area contributed by atoms with Gasteiger partial charge in [-0.05, 0) is 11.6 Å². The normalized spacial score (nSPS) is 14.1. The molecule has 0 bridgehead atoms. The maximum absolute atomic E-state index is 13.9. The van der Waals surface area contributed by atoms with Crippen LogP contribution in [0.1, 0.15) is 22.6 Å². The van der Waals surface area contributed by atoms with Gasteiger partial charge in [0.25, 0.3) is 0 Å². The van der Waals surface area contributed by atoms with Crippen molar-refractivity contribution in [1.82, 2.24) is 9.97 Å². The van der Waals surface area contributed by atoms with Crippen molar-refractivity contribution in [2.45, 2.75) is 19.4 Å². The minimum absolute atomic E-state index is 0.0989. The van der Waals surface area contributed by atoms with Crippen LogP contribution in [0.25, 0.3) is 0 Å². The lowest BCUT2D eigenvalue weighted by molar-refractivity contribution is 0.109. The van der Waals surface area contributed by atoms with Gasteiger partial charge in [0.2, 0.25) is 0 Å². The molecular formula is C14H13ClFN3O. The summed E-state index contributed by atoms with van der Waals surface area (Å²) >= 11 is 5.77. The van der Waals surface area contributed by atoms with Crippen LogP contribution in [0.5, 0.6) is 0 Å². The number of halogens is 2. The zero-order valence-electron chi connectivity index (χ0n) is 10.7. The molecule has 1 aromatic carbocycles. The summed E-state index contributed by atoms with van der Waals surface area (Å²) in [5.41, 5.74) is 8.10. The van der Waals surface area contributed by atoms with Gasteiger partial charge in [-0.1, -0.05) is 23.7 Å². The van der Waals surface area contributed by atoms with Crippen LogP contribution in [-0.4, -0.2) is 16.6 Å². The fourth-order valence-electron chi connectivity index (χ4n) is 2.24. The number of fused-ring (bicyclic) bond motifs is 1. The molecule has 1 aliphatic heterocycles. The first-order valence-electron chi connectivity index (χ1n) is 6.30. The Labute approximate surface area is 120 Å². The highest BCUT2D eigenvalue weighted by Crippen LogP contribution is 2.23. The van der Waals surface area contributed by atoms with E-state index in [0.29, 0.717) is 36.8 Å². The summed E-state index contributed by atoms with van der Waals surface area (Å²) in [7, 11) is 0. The molecule has 2 N–H and O–H groups in total. The van der Waals surface area contributed by atoms with E-state index in [4.69, 9.17) is 22.1 Å². The number of nitrogen functional groups attached to an aromatic ring is 1. The molecule has 104 valence electrons. The van der Waals surface area contributed by atoms with Crippen molar-refractivity contribution in [3.05, 3.63) is 51.7 Å². The van der Waals surface area contributed by atoms with E-state index in [0.717, 1.165) is 11.3 Å². The summed E-state index contributed by atoms with van der Waals surface area (Å²) in [5, 5.41) is 0.0989. The Morgan fingerprint density at radius 3 is 3.05 bits per heavy atom. The monoisotopic (exact) mass is 293 g/mol. The van der Waals surface area contributed by atoms with E-state index in [2.05, 4.69) is 9.97 Å². The van der Waals surface area contributed by atoms with E-state index in [9.17, 15) is 4.39 Å². The summed E-state index contributed by atoms with van der Waals surface area (Å²) < 4.78 is 19.2. The van der Waals surface area contributed by atoms with Gasteiger partial charge in [0, 0.05) is 18.4 Å². The van der Waals surface area contributed by atoms with Crippen molar-refractivity contribution >= 4 is 17.4 Å².